The van der Waals surface area contributed by atoms with Crippen LogP contribution in [0.1, 0.15) is 36.5 Å². The molecule has 6 heteroatoms. The summed E-state index contributed by atoms with van der Waals surface area (Å²) in [6.45, 7) is 3.03. The van der Waals surface area contributed by atoms with Crippen molar-refractivity contribution >= 4 is 40.5 Å². The van der Waals surface area contributed by atoms with Crippen LogP contribution in [0.3, 0.4) is 0 Å². The third kappa shape index (κ3) is 5.73. The van der Waals surface area contributed by atoms with Gasteiger partial charge in [0.25, 0.3) is 5.91 Å². The summed E-state index contributed by atoms with van der Waals surface area (Å²) in [4.78, 5) is 16.4. The average Bonchev–Trinajstić information content (AvgIpc) is 2.51. The Balaban J connectivity index is 2.01. The summed E-state index contributed by atoms with van der Waals surface area (Å²) in [7, 11) is 0. The van der Waals surface area contributed by atoms with Crippen molar-refractivity contribution < 1.29 is 4.79 Å². The van der Waals surface area contributed by atoms with Gasteiger partial charge in [-0.15, -0.1) is 0 Å². The van der Waals surface area contributed by atoms with Gasteiger partial charge in [0.05, 0.1) is 11.3 Å². The first-order valence-electron chi connectivity index (χ1n) is 7.55. The molecule has 0 bridgehead atoms. The molecule has 0 atom stereocenters. The summed E-state index contributed by atoms with van der Waals surface area (Å²) >= 11 is 11.9. The quantitative estimate of drug-likeness (QED) is 0.670. The number of pyridine rings is 1. The van der Waals surface area contributed by atoms with E-state index in [-0.39, 0.29) is 5.91 Å². The van der Waals surface area contributed by atoms with E-state index >= 15 is 0 Å². The first kappa shape index (κ1) is 17.6. The van der Waals surface area contributed by atoms with Crippen LogP contribution >= 0.6 is 23.2 Å². The molecule has 0 fully saturated rings. The molecule has 0 spiro atoms. The zero-order valence-electron chi connectivity index (χ0n) is 12.9. The van der Waals surface area contributed by atoms with E-state index in [1.807, 2.05) is 0 Å². The Hall–Kier alpha value is -1.78. The van der Waals surface area contributed by atoms with Crippen LogP contribution in [0, 0.1) is 0 Å². The molecule has 1 amide bonds. The smallest absolute Gasteiger partial charge is 0.257 e. The number of halogens is 2. The Labute approximate surface area is 146 Å². The third-order valence-corrected chi connectivity index (χ3v) is 3.67. The minimum absolute atomic E-state index is 0.256. The molecule has 23 heavy (non-hydrogen) atoms. The number of hydrogen-bond acceptors (Lipinski definition) is 3. The van der Waals surface area contributed by atoms with Gasteiger partial charge < -0.3 is 10.6 Å². The van der Waals surface area contributed by atoms with Crippen LogP contribution in [-0.2, 0) is 0 Å². The normalized spacial score (nSPS) is 10.4. The van der Waals surface area contributed by atoms with Crippen molar-refractivity contribution in [3.05, 3.63) is 52.3 Å². The molecule has 0 aliphatic carbocycles. The maximum absolute atomic E-state index is 12.3. The van der Waals surface area contributed by atoms with E-state index in [2.05, 4.69) is 22.5 Å². The van der Waals surface area contributed by atoms with Gasteiger partial charge in [-0.2, -0.15) is 0 Å². The van der Waals surface area contributed by atoms with E-state index in [0.717, 1.165) is 18.7 Å². The lowest BCUT2D eigenvalue weighted by Gasteiger charge is -2.09. The van der Waals surface area contributed by atoms with Gasteiger partial charge in [0.15, 0.2) is 0 Å². The first-order valence-corrected chi connectivity index (χ1v) is 8.30. The molecule has 1 aromatic carbocycles. The summed E-state index contributed by atoms with van der Waals surface area (Å²) < 4.78 is 0. The van der Waals surface area contributed by atoms with Crippen LogP contribution in [0.25, 0.3) is 0 Å². The van der Waals surface area contributed by atoms with Crippen LogP contribution in [0.5, 0.6) is 0 Å². The van der Waals surface area contributed by atoms with Crippen LogP contribution in [0.4, 0.5) is 11.4 Å². The predicted molar refractivity (Wildman–Crippen MR) is 96.7 cm³/mol. The van der Waals surface area contributed by atoms with Crippen molar-refractivity contribution in [2.75, 3.05) is 17.2 Å². The summed E-state index contributed by atoms with van der Waals surface area (Å²) in [6.07, 6.45) is 6.67. The predicted octanol–water partition coefficient (Wildman–Crippen LogP) is 5.24. The number of nitrogens with zero attached hydrogens (tertiary/aromatic N) is 1. The number of rotatable bonds is 7. The number of aromatic nitrogens is 1. The molecule has 0 radical (unpaired) electrons. The first-order chi connectivity index (χ1) is 11.1. The van der Waals surface area contributed by atoms with E-state index in [1.54, 1.807) is 30.5 Å². The Morgan fingerprint density at radius 1 is 1.04 bits per heavy atom. The Morgan fingerprint density at radius 3 is 2.48 bits per heavy atom. The van der Waals surface area contributed by atoms with Crippen LogP contribution in [0.2, 0.25) is 10.0 Å². The lowest BCUT2D eigenvalue weighted by atomic mass is 10.2. The molecule has 0 aliphatic heterocycles. The Bertz CT molecular complexity index is 656. The second-order valence-electron chi connectivity index (χ2n) is 5.21. The summed E-state index contributed by atoms with van der Waals surface area (Å²) in [5.41, 5.74) is 1.85. The van der Waals surface area contributed by atoms with Crippen molar-refractivity contribution in [2.45, 2.75) is 26.2 Å². The van der Waals surface area contributed by atoms with Crippen molar-refractivity contribution in [1.29, 1.82) is 0 Å². The standard InChI is InChI=1S/C17H19Cl2N3O/c1-2-3-4-5-21-16-6-12(10-20-11-16)17(23)22-15-8-13(18)7-14(19)9-15/h6-11,21H,2-5H2,1H3,(H,22,23). The molecule has 2 aromatic rings. The van der Waals surface area contributed by atoms with Gasteiger partial charge in [-0.3, -0.25) is 9.78 Å². The number of carbonyl (C=O) groups excluding carboxylic acids is 1. The lowest BCUT2D eigenvalue weighted by molar-refractivity contribution is 0.102. The molecule has 1 heterocycles. The van der Waals surface area contributed by atoms with Gasteiger partial charge in [0, 0.05) is 34.7 Å². The van der Waals surface area contributed by atoms with Crippen molar-refractivity contribution in [3.8, 4) is 0 Å². The monoisotopic (exact) mass is 351 g/mol. The molecule has 1 aromatic heterocycles. The van der Waals surface area contributed by atoms with Gasteiger partial charge in [0.2, 0.25) is 0 Å². The molecule has 122 valence electrons. The topological polar surface area (TPSA) is 54.0 Å². The van der Waals surface area contributed by atoms with E-state index in [9.17, 15) is 4.79 Å². The zero-order chi connectivity index (χ0) is 16.7. The molecule has 0 saturated heterocycles. The average molecular weight is 352 g/mol. The maximum Gasteiger partial charge on any atom is 0.257 e. The van der Waals surface area contributed by atoms with Crippen LogP contribution in [0.15, 0.2) is 36.7 Å². The largest absolute Gasteiger partial charge is 0.384 e. The molecular formula is C17H19Cl2N3O. The van der Waals surface area contributed by atoms with Gasteiger partial charge in [-0.25, -0.2) is 0 Å². The second-order valence-corrected chi connectivity index (χ2v) is 6.08. The van der Waals surface area contributed by atoms with E-state index in [4.69, 9.17) is 23.2 Å². The lowest BCUT2D eigenvalue weighted by Crippen LogP contribution is -2.13. The SMILES string of the molecule is CCCCCNc1cncc(C(=O)Nc2cc(Cl)cc(Cl)c2)c1. The van der Waals surface area contributed by atoms with Crippen molar-refractivity contribution in [2.24, 2.45) is 0 Å². The number of nitrogens with one attached hydrogen (secondary N) is 2. The van der Waals surface area contributed by atoms with E-state index in [0.29, 0.717) is 21.3 Å². The number of unbranched alkanes of at least 4 members (excludes halogenated alkanes) is 2. The van der Waals surface area contributed by atoms with Gasteiger partial charge in [-0.1, -0.05) is 43.0 Å². The highest BCUT2D eigenvalue weighted by atomic mass is 35.5. The molecule has 2 rings (SSSR count). The Morgan fingerprint density at radius 2 is 1.78 bits per heavy atom. The molecule has 4 nitrogen and oxygen atoms in total. The summed E-state index contributed by atoms with van der Waals surface area (Å²) in [5, 5.41) is 6.98. The molecule has 0 aliphatic rings. The number of amides is 1. The van der Waals surface area contributed by atoms with E-state index < -0.39 is 0 Å². The fraction of sp³-hybridized carbons (Fsp3) is 0.294. The maximum atomic E-state index is 12.3. The fourth-order valence-corrected chi connectivity index (χ4v) is 2.62. The van der Waals surface area contributed by atoms with Gasteiger partial charge >= 0.3 is 0 Å². The van der Waals surface area contributed by atoms with E-state index in [1.165, 1.54) is 19.0 Å². The van der Waals surface area contributed by atoms with Gasteiger partial charge in [-0.05, 0) is 30.7 Å². The highest BCUT2D eigenvalue weighted by Gasteiger charge is 2.08. The number of carbonyl (C=O) groups is 1. The molecule has 2 N–H and O–H groups in total. The van der Waals surface area contributed by atoms with Crippen molar-refractivity contribution in [1.82, 2.24) is 4.98 Å². The summed E-state index contributed by atoms with van der Waals surface area (Å²) in [6, 6.07) is 6.68. The number of anilines is 2. The zero-order valence-corrected chi connectivity index (χ0v) is 14.4. The number of hydrogen-bond donors (Lipinski definition) is 2. The highest BCUT2D eigenvalue weighted by Crippen LogP contribution is 2.23. The molecular weight excluding hydrogens is 333 g/mol. The molecule has 0 unspecified atom stereocenters. The molecule has 0 saturated carbocycles. The minimum atomic E-state index is -0.256. The highest BCUT2D eigenvalue weighted by molar-refractivity contribution is 6.35. The Kier molecular flexibility index (Phi) is 6.68. The number of benzene rings is 1. The third-order valence-electron chi connectivity index (χ3n) is 3.23. The fourth-order valence-electron chi connectivity index (χ4n) is 2.10. The second kappa shape index (κ2) is 8.75. The minimum Gasteiger partial charge on any atom is -0.384 e. The van der Waals surface area contributed by atoms with Gasteiger partial charge in [0.1, 0.15) is 0 Å². The van der Waals surface area contributed by atoms with Crippen LogP contribution in [-0.4, -0.2) is 17.4 Å². The van der Waals surface area contributed by atoms with Crippen molar-refractivity contribution in [3.63, 3.8) is 0 Å². The van der Waals surface area contributed by atoms with Crippen LogP contribution < -0.4 is 10.6 Å². The summed E-state index contributed by atoms with van der Waals surface area (Å²) in [5.74, 6) is -0.256.